The quantitative estimate of drug-likeness (QED) is 0.601. The standard InChI is InChI=1S/C20H23Cl2F2NO/c21-13-5-6-14(23)15(16(13)22)17(25-18(26)12-3-1-2-4-12)19-7-9-20(24,11-19)10-8-19/h5-6,12,17H,1-4,7-11H2,(H,25,26)/t17-,19?,20?/m1/s1. The Kier molecular flexibility index (Phi) is 4.71. The molecule has 1 atom stereocenters. The van der Waals surface area contributed by atoms with Crippen LogP contribution in [0.2, 0.25) is 10.0 Å². The van der Waals surface area contributed by atoms with Gasteiger partial charge in [-0.15, -0.1) is 0 Å². The van der Waals surface area contributed by atoms with Gasteiger partial charge in [-0.1, -0.05) is 36.0 Å². The molecule has 2 nitrogen and oxygen atoms in total. The number of carbonyl (C=O) groups excluding carboxylic acids is 1. The van der Waals surface area contributed by atoms with Crippen LogP contribution in [0.1, 0.15) is 69.4 Å². The van der Waals surface area contributed by atoms with Gasteiger partial charge < -0.3 is 5.32 Å². The lowest BCUT2D eigenvalue weighted by Crippen LogP contribution is -2.42. The molecule has 0 saturated heterocycles. The van der Waals surface area contributed by atoms with E-state index in [4.69, 9.17) is 23.2 Å². The van der Waals surface area contributed by atoms with E-state index in [1.807, 2.05) is 0 Å². The molecule has 0 unspecified atom stereocenters. The van der Waals surface area contributed by atoms with Crippen molar-refractivity contribution in [3.8, 4) is 0 Å². The normalized spacial score (nSPS) is 32.2. The minimum Gasteiger partial charge on any atom is -0.348 e. The minimum atomic E-state index is -1.20. The molecular formula is C20H23Cl2F2NO. The third kappa shape index (κ3) is 3.03. The summed E-state index contributed by atoms with van der Waals surface area (Å²) in [5.41, 5.74) is -1.47. The molecule has 1 aromatic rings. The van der Waals surface area contributed by atoms with Crippen molar-refractivity contribution in [3.05, 3.63) is 33.6 Å². The largest absolute Gasteiger partial charge is 0.348 e. The first kappa shape index (κ1) is 18.5. The van der Waals surface area contributed by atoms with Crippen molar-refractivity contribution in [1.82, 2.24) is 5.32 Å². The van der Waals surface area contributed by atoms with Crippen LogP contribution in [0.15, 0.2) is 12.1 Å². The summed E-state index contributed by atoms with van der Waals surface area (Å²) in [7, 11) is 0. The molecule has 2 bridgehead atoms. The fraction of sp³-hybridized carbons (Fsp3) is 0.650. The predicted molar refractivity (Wildman–Crippen MR) is 98.6 cm³/mol. The second-order valence-electron chi connectivity index (χ2n) is 8.37. The molecule has 26 heavy (non-hydrogen) atoms. The van der Waals surface area contributed by atoms with Crippen LogP contribution in [0.3, 0.4) is 0 Å². The highest BCUT2D eigenvalue weighted by molar-refractivity contribution is 6.42. The fourth-order valence-electron chi connectivity index (χ4n) is 5.36. The third-order valence-corrected chi connectivity index (χ3v) is 7.62. The van der Waals surface area contributed by atoms with Gasteiger partial charge in [-0.3, -0.25) is 4.79 Å². The molecule has 0 aromatic heterocycles. The zero-order valence-electron chi connectivity index (χ0n) is 14.6. The van der Waals surface area contributed by atoms with Crippen molar-refractivity contribution < 1.29 is 13.6 Å². The average Bonchev–Trinajstić information content (AvgIpc) is 3.32. The number of alkyl halides is 1. The Balaban J connectivity index is 1.73. The van der Waals surface area contributed by atoms with Gasteiger partial charge in [0.05, 0.1) is 16.1 Å². The van der Waals surface area contributed by atoms with Crippen LogP contribution in [-0.4, -0.2) is 11.6 Å². The Morgan fingerprint density at radius 2 is 1.81 bits per heavy atom. The maximum Gasteiger partial charge on any atom is 0.223 e. The van der Waals surface area contributed by atoms with E-state index in [1.165, 1.54) is 12.1 Å². The third-order valence-electron chi connectivity index (χ3n) is 6.80. The van der Waals surface area contributed by atoms with Gasteiger partial charge in [0.25, 0.3) is 0 Å². The zero-order valence-corrected chi connectivity index (χ0v) is 16.1. The van der Waals surface area contributed by atoms with E-state index in [0.29, 0.717) is 32.1 Å². The van der Waals surface area contributed by atoms with E-state index in [9.17, 15) is 13.6 Å². The number of carbonyl (C=O) groups is 1. The van der Waals surface area contributed by atoms with Gasteiger partial charge in [0.1, 0.15) is 11.5 Å². The summed E-state index contributed by atoms with van der Waals surface area (Å²) in [5, 5.41) is 3.45. The molecule has 4 rings (SSSR count). The van der Waals surface area contributed by atoms with Gasteiger partial charge in [0, 0.05) is 11.5 Å². The smallest absolute Gasteiger partial charge is 0.223 e. The molecule has 3 fully saturated rings. The number of benzene rings is 1. The van der Waals surface area contributed by atoms with Crippen molar-refractivity contribution >= 4 is 29.1 Å². The molecule has 0 spiro atoms. The van der Waals surface area contributed by atoms with Crippen molar-refractivity contribution in [2.24, 2.45) is 11.3 Å². The van der Waals surface area contributed by atoms with Crippen LogP contribution in [0.25, 0.3) is 0 Å². The first-order chi connectivity index (χ1) is 12.3. The van der Waals surface area contributed by atoms with Gasteiger partial charge in [-0.25, -0.2) is 8.78 Å². The molecule has 6 heteroatoms. The maximum atomic E-state index is 14.9. The Bertz CT molecular complexity index is 725. The lowest BCUT2D eigenvalue weighted by Gasteiger charge is -2.38. The fourth-order valence-corrected chi connectivity index (χ4v) is 5.79. The summed E-state index contributed by atoms with van der Waals surface area (Å²) in [6, 6.07) is 2.06. The summed E-state index contributed by atoms with van der Waals surface area (Å²) in [6.45, 7) is 0. The number of amides is 1. The number of fused-ring (bicyclic) bond motifs is 2. The van der Waals surface area contributed by atoms with Crippen molar-refractivity contribution in [2.75, 3.05) is 0 Å². The number of hydrogen-bond acceptors (Lipinski definition) is 1. The van der Waals surface area contributed by atoms with Gasteiger partial charge in [0.15, 0.2) is 0 Å². The summed E-state index contributed by atoms with van der Waals surface area (Å²) in [4.78, 5) is 12.8. The molecule has 1 amide bonds. The molecule has 0 heterocycles. The van der Waals surface area contributed by atoms with Crippen LogP contribution >= 0.6 is 23.2 Å². The topological polar surface area (TPSA) is 29.1 Å². The highest BCUT2D eigenvalue weighted by Gasteiger charge is 2.59. The van der Waals surface area contributed by atoms with Gasteiger partial charge in [-0.2, -0.15) is 0 Å². The monoisotopic (exact) mass is 401 g/mol. The molecule has 3 saturated carbocycles. The highest BCUT2D eigenvalue weighted by atomic mass is 35.5. The second kappa shape index (κ2) is 6.63. The van der Waals surface area contributed by atoms with Crippen LogP contribution in [-0.2, 0) is 4.79 Å². The highest BCUT2D eigenvalue weighted by Crippen LogP contribution is 2.64. The minimum absolute atomic E-state index is 0.0483. The molecule has 3 aliphatic carbocycles. The van der Waals surface area contributed by atoms with Crippen molar-refractivity contribution in [1.29, 1.82) is 0 Å². The molecule has 142 valence electrons. The van der Waals surface area contributed by atoms with E-state index >= 15 is 0 Å². The van der Waals surface area contributed by atoms with Crippen molar-refractivity contribution in [2.45, 2.75) is 69.5 Å². The molecule has 3 aliphatic rings. The molecule has 0 radical (unpaired) electrons. The Labute approximate surface area is 162 Å². The predicted octanol–water partition coefficient (Wildman–Crippen LogP) is 6.15. The Morgan fingerprint density at radius 3 is 2.38 bits per heavy atom. The van der Waals surface area contributed by atoms with Gasteiger partial charge >= 0.3 is 0 Å². The summed E-state index contributed by atoms with van der Waals surface area (Å²) in [5.74, 6) is -0.609. The maximum absolute atomic E-state index is 14.9. The SMILES string of the molecule is O=C(N[C@H](c1c(F)ccc(Cl)c1Cl)C12CCC(F)(CC1)C2)C1CCCC1. The molecular weight excluding hydrogens is 379 g/mol. The number of nitrogens with one attached hydrogen (secondary N) is 1. The van der Waals surface area contributed by atoms with Gasteiger partial charge in [-0.05, 0) is 62.5 Å². The van der Waals surface area contributed by atoms with Gasteiger partial charge in [0.2, 0.25) is 5.91 Å². The zero-order chi connectivity index (χ0) is 18.5. The number of rotatable bonds is 4. The second-order valence-corrected chi connectivity index (χ2v) is 9.16. The summed E-state index contributed by atoms with van der Waals surface area (Å²) in [6.07, 6.45) is 6.29. The van der Waals surface area contributed by atoms with E-state index < -0.39 is 22.9 Å². The molecule has 1 N–H and O–H groups in total. The molecule has 1 aromatic carbocycles. The van der Waals surface area contributed by atoms with Crippen molar-refractivity contribution in [3.63, 3.8) is 0 Å². The summed E-state index contributed by atoms with van der Waals surface area (Å²) >= 11 is 12.5. The van der Waals surface area contributed by atoms with Crippen LogP contribution in [0.4, 0.5) is 8.78 Å². The van der Waals surface area contributed by atoms with E-state index in [-0.39, 0.29) is 27.4 Å². The summed E-state index contributed by atoms with van der Waals surface area (Å²) < 4.78 is 29.6. The lowest BCUT2D eigenvalue weighted by atomic mass is 9.74. The Morgan fingerprint density at radius 1 is 1.15 bits per heavy atom. The van der Waals surface area contributed by atoms with E-state index in [1.54, 1.807) is 0 Å². The Hall–Kier alpha value is -0.870. The number of hydrogen-bond donors (Lipinski definition) is 1. The van der Waals surface area contributed by atoms with E-state index in [2.05, 4.69) is 5.32 Å². The van der Waals surface area contributed by atoms with Crippen LogP contribution < -0.4 is 5.32 Å². The first-order valence-corrected chi connectivity index (χ1v) is 10.2. The van der Waals surface area contributed by atoms with E-state index in [0.717, 1.165) is 25.7 Å². The molecule has 0 aliphatic heterocycles. The lowest BCUT2D eigenvalue weighted by molar-refractivity contribution is -0.126. The van der Waals surface area contributed by atoms with Crippen LogP contribution in [0.5, 0.6) is 0 Å². The first-order valence-electron chi connectivity index (χ1n) is 9.46. The van der Waals surface area contributed by atoms with Crippen LogP contribution in [0, 0.1) is 17.2 Å². The average molecular weight is 402 g/mol. The number of halogens is 4.